The van der Waals surface area contributed by atoms with Crippen LogP contribution in [0.3, 0.4) is 0 Å². The zero-order valence-corrected chi connectivity index (χ0v) is 16.0. The molecular formula is C20H20N4O2S. The molecule has 0 radical (unpaired) electrons. The fourth-order valence-corrected chi connectivity index (χ4v) is 3.19. The van der Waals surface area contributed by atoms with Gasteiger partial charge in [-0.1, -0.05) is 36.0 Å². The van der Waals surface area contributed by atoms with Crippen LogP contribution in [0.4, 0.5) is 5.69 Å². The van der Waals surface area contributed by atoms with Crippen LogP contribution in [-0.4, -0.2) is 28.6 Å². The molecule has 1 unspecified atom stereocenters. The minimum absolute atomic E-state index is 0.172. The van der Waals surface area contributed by atoms with E-state index in [4.69, 9.17) is 0 Å². The van der Waals surface area contributed by atoms with Crippen molar-refractivity contribution in [1.29, 1.82) is 5.26 Å². The van der Waals surface area contributed by atoms with E-state index in [1.54, 1.807) is 32.1 Å². The Morgan fingerprint density at radius 2 is 2.07 bits per heavy atom. The zero-order valence-electron chi connectivity index (χ0n) is 15.2. The molecule has 2 aromatic rings. The molecule has 1 aromatic heterocycles. The van der Waals surface area contributed by atoms with Crippen molar-refractivity contribution in [3.8, 4) is 6.07 Å². The minimum atomic E-state index is -0.437. The summed E-state index contributed by atoms with van der Waals surface area (Å²) in [6, 6.07) is 12.6. The van der Waals surface area contributed by atoms with Gasteiger partial charge >= 0.3 is 0 Å². The Kier molecular flexibility index (Phi) is 7.15. The summed E-state index contributed by atoms with van der Waals surface area (Å²) in [5, 5.41) is 14.9. The van der Waals surface area contributed by atoms with E-state index in [0.29, 0.717) is 28.5 Å². The molecule has 2 N–H and O–H groups in total. The average molecular weight is 380 g/mol. The van der Waals surface area contributed by atoms with Gasteiger partial charge in [0.25, 0.3) is 5.91 Å². The van der Waals surface area contributed by atoms with Crippen molar-refractivity contribution < 1.29 is 9.59 Å². The number of anilines is 1. The summed E-state index contributed by atoms with van der Waals surface area (Å²) >= 11 is 1.18. The lowest BCUT2D eigenvalue weighted by atomic mass is 10.1. The second-order valence-electron chi connectivity index (χ2n) is 5.70. The highest BCUT2D eigenvalue weighted by Gasteiger charge is 2.20. The Balaban J connectivity index is 2.21. The molecule has 0 saturated carbocycles. The van der Waals surface area contributed by atoms with Crippen molar-refractivity contribution in [1.82, 2.24) is 10.3 Å². The molecule has 2 rings (SSSR count). The fraction of sp³-hybridized carbons (Fsp3) is 0.200. The first kappa shape index (κ1) is 20.2. The number of carbonyl (C=O) groups is 2. The lowest BCUT2D eigenvalue weighted by Gasteiger charge is -2.13. The molecule has 0 bridgehead atoms. The molecule has 0 aliphatic carbocycles. The van der Waals surface area contributed by atoms with E-state index in [0.717, 1.165) is 0 Å². The van der Waals surface area contributed by atoms with E-state index >= 15 is 0 Å². The first-order valence-corrected chi connectivity index (χ1v) is 9.17. The number of nitriles is 1. The lowest BCUT2D eigenvalue weighted by Crippen LogP contribution is -2.31. The predicted octanol–water partition coefficient (Wildman–Crippen LogP) is 3.30. The number of thioether (sulfide) groups is 1. The Bertz CT molecular complexity index is 891. The van der Waals surface area contributed by atoms with Crippen LogP contribution in [0.15, 0.2) is 54.1 Å². The van der Waals surface area contributed by atoms with Crippen molar-refractivity contribution >= 4 is 29.3 Å². The van der Waals surface area contributed by atoms with Gasteiger partial charge in [0.15, 0.2) is 0 Å². The molecule has 1 aromatic carbocycles. The molecule has 138 valence electrons. The number of carbonyl (C=O) groups excluding carboxylic acids is 2. The summed E-state index contributed by atoms with van der Waals surface area (Å²) in [4.78, 5) is 28.9. The number of para-hydroxylation sites is 1. The van der Waals surface area contributed by atoms with Crippen LogP contribution in [0.2, 0.25) is 0 Å². The highest BCUT2D eigenvalue weighted by atomic mass is 32.2. The number of pyridine rings is 1. The van der Waals surface area contributed by atoms with Gasteiger partial charge in [-0.2, -0.15) is 5.26 Å². The molecule has 0 spiro atoms. The van der Waals surface area contributed by atoms with E-state index in [1.807, 2.05) is 18.2 Å². The van der Waals surface area contributed by atoms with E-state index in [-0.39, 0.29) is 17.4 Å². The van der Waals surface area contributed by atoms with Crippen molar-refractivity contribution in [3.05, 3.63) is 65.9 Å². The summed E-state index contributed by atoms with van der Waals surface area (Å²) in [6.07, 6.45) is 1.60. The zero-order chi connectivity index (χ0) is 19.8. The van der Waals surface area contributed by atoms with Crippen LogP contribution in [-0.2, 0) is 4.79 Å². The van der Waals surface area contributed by atoms with Crippen LogP contribution < -0.4 is 10.6 Å². The normalized spacial score (nSPS) is 11.1. The molecule has 27 heavy (non-hydrogen) atoms. The number of hydrogen-bond acceptors (Lipinski definition) is 5. The lowest BCUT2D eigenvalue weighted by molar-refractivity contribution is -0.120. The maximum Gasteiger partial charge on any atom is 0.257 e. The van der Waals surface area contributed by atoms with Crippen LogP contribution in [0, 0.1) is 18.3 Å². The third-order valence-corrected chi connectivity index (χ3v) is 4.76. The molecule has 6 nitrogen and oxygen atoms in total. The Hall–Kier alpha value is -3.11. The summed E-state index contributed by atoms with van der Waals surface area (Å²) in [6.45, 7) is 7.37. The van der Waals surface area contributed by atoms with Gasteiger partial charge in [-0.25, -0.2) is 4.98 Å². The molecule has 2 amide bonds. The van der Waals surface area contributed by atoms with Crippen LogP contribution in [0.5, 0.6) is 0 Å². The van der Waals surface area contributed by atoms with E-state index in [9.17, 15) is 14.9 Å². The van der Waals surface area contributed by atoms with Gasteiger partial charge < -0.3 is 10.6 Å². The van der Waals surface area contributed by atoms with Gasteiger partial charge in [0.2, 0.25) is 5.91 Å². The van der Waals surface area contributed by atoms with Gasteiger partial charge in [0.05, 0.1) is 22.1 Å². The van der Waals surface area contributed by atoms with Gasteiger partial charge in [-0.05, 0) is 32.0 Å². The Morgan fingerprint density at radius 1 is 1.37 bits per heavy atom. The molecule has 1 heterocycles. The molecule has 0 saturated heterocycles. The summed E-state index contributed by atoms with van der Waals surface area (Å²) in [7, 11) is 0. The van der Waals surface area contributed by atoms with Gasteiger partial charge in [-0.3, -0.25) is 9.59 Å². The number of nitrogens with one attached hydrogen (secondary N) is 2. The SMILES string of the molecule is C=CCNC(=O)C(C)Sc1nc(C)c(C(=O)Nc2ccccc2)cc1C#N. The van der Waals surface area contributed by atoms with E-state index < -0.39 is 5.25 Å². The van der Waals surface area contributed by atoms with Gasteiger partial charge in [0, 0.05) is 12.2 Å². The van der Waals surface area contributed by atoms with Crippen LogP contribution in [0.1, 0.15) is 28.5 Å². The molecule has 1 atom stereocenters. The fourth-order valence-electron chi connectivity index (χ4n) is 2.24. The van der Waals surface area contributed by atoms with Gasteiger partial charge in [0.1, 0.15) is 11.1 Å². The second kappa shape index (κ2) is 9.55. The Labute approximate surface area is 162 Å². The first-order chi connectivity index (χ1) is 13.0. The summed E-state index contributed by atoms with van der Waals surface area (Å²) in [5.74, 6) is -0.509. The number of hydrogen-bond donors (Lipinski definition) is 2. The summed E-state index contributed by atoms with van der Waals surface area (Å²) < 4.78 is 0. The smallest absolute Gasteiger partial charge is 0.257 e. The van der Waals surface area contributed by atoms with Crippen molar-refractivity contribution in [2.45, 2.75) is 24.1 Å². The Morgan fingerprint density at radius 3 is 2.70 bits per heavy atom. The van der Waals surface area contributed by atoms with E-state index in [2.05, 4.69) is 28.3 Å². The highest BCUT2D eigenvalue weighted by Crippen LogP contribution is 2.27. The first-order valence-electron chi connectivity index (χ1n) is 8.29. The van der Waals surface area contributed by atoms with Crippen molar-refractivity contribution in [2.75, 3.05) is 11.9 Å². The van der Waals surface area contributed by atoms with Crippen molar-refractivity contribution in [3.63, 3.8) is 0 Å². The predicted molar refractivity (Wildman–Crippen MR) is 107 cm³/mol. The van der Waals surface area contributed by atoms with E-state index in [1.165, 1.54) is 17.8 Å². The second-order valence-corrected chi connectivity index (χ2v) is 7.03. The monoisotopic (exact) mass is 380 g/mol. The van der Waals surface area contributed by atoms with Crippen LogP contribution >= 0.6 is 11.8 Å². The largest absolute Gasteiger partial charge is 0.352 e. The number of rotatable bonds is 7. The quantitative estimate of drug-likeness (QED) is 0.568. The standard InChI is InChI=1S/C20H20N4O2S/c1-4-10-22-18(25)14(3)27-20-15(12-21)11-17(13(2)23-20)19(26)24-16-8-6-5-7-9-16/h4-9,11,14H,1,10H2,2-3H3,(H,22,25)(H,24,26). The molecule has 7 heteroatoms. The number of nitrogens with zero attached hydrogens (tertiary/aromatic N) is 2. The maximum atomic E-state index is 12.5. The molecule has 0 aliphatic rings. The minimum Gasteiger partial charge on any atom is -0.352 e. The molecule has 0 aliphatic heterocycles. The van der Waals surface area contributed by atoms with Crippen LogP contribution in [0.25, 0.3) is 0 Å². The average Bonchev–Trinajstić information content (AvgIpc) is 2.66. The third-order valence-electron chi connectivity index (χ3n) is 3.65. The maximum absolute atomic E-state index is 12.5. The molecular weight excluding hydrogens is 360 g/mol. The highest BCUT2D eigenvalue weighted by molar-refractivity contribution is 8.00. The third kappa shape index (κ3) is 5.43. The topological polar surface area (TPSA) is 94.9 Å². The number of aromatic nitrogens is 1. The number of aryl methyl sites for hydroxylation is 1. The van der Waals surface area contributed by atoms with Gasteiger partial charge in [-0.15, -0.1) is 6.58 Å². The number of benzene rings is 1. The van der Waals surface area contributed by atoms with Crippen molar-refractivity contribution in [2.24, 2.45) is 0 Å². The molecule has 0 fully saturated rings. The summed E-state index contributed by atoms with van der Waals surface area (Å²) in [5.41, 5.74) is 1.73. The number of amides is 2.